The summed E-state index contributed by atoms with van der Waals surface area (Å²) in [7, 11) is 3.93. The lowest BCUT2D eigenvalue weighted by Crippen LogP contribution is -2.35. The average Bonchev–Trinajstić information content (AvgIpc) is 3.21. The van der Waals surface area contributed by atoms with Crippen molar-refractivity contribution in [2.45, 2.75) is 19.8 Å². The molecule has 8 nitrogen and oxygen atoms in total. The molecule has 0 saturated heterocycles. The predicted octanol–water partition coefficient (Wildman–Crippen LogP) is 5.20. The second-order valence-electron chi connectivity index (χ2n) is 9.63. The number of aliphatic carboxylic acids is 1. The van der Waals surface area contributed by atoms with Gasteiger partial charge >= 0.3 is 5.97 Å². The zero-order valence-electron chi connectivity index (χ0n) is 22.1. The Labute approximate surface area is 232 Å². The summed E-state index contributed by atoms with van der Waals surface area (Å²) in [5, 5.41) is 15.8. The number of nitrogens with one attached hydrogen (secondary N) is 2. The topological polar surface area (TPSA) is 102 Å². The van der Waals surface area contributed by atoms with Crippen molar-refractivity contribution in [3.05, 3.63) is 88.4 Å². The summed E-state index contributed by atoms with van der Waals surface area (Å²) in [5.41, 5.74) is 5.61. The summed E-state index contributed by atoms with van der Waals surface area (Å²) >= 11 is 6.16. The number of carbonyl (C=O) groups excluding carboxylic acids is 2. The van der Waals surface area contributed by atoms with Crippen LogP contribution >= 0.6 is 11.6 Å². The van der Waals surface area contributed by atoms with Crippen molar-refractivity contribution in [1.82, 2.24) is 4.90 Å². The number of carboxylic acids is 1. The van der Waals surface area contributed by atoms with E-state index in [0.717, 1.165) is 34.6 Å². The highest BCUT2D eigenvalue weighted by Gasteiger charge is 2.28. The van der Waals surface area contributed by atoms with Crippen LogP contribution in [0.15, 0.2) is 66.7 Å². The minimum Gasteiger partial charge on any atom is -0.481 e. The van der Waals surface area contributed by atoms with Crippen LogP contribution in [0.4, 0.5) is 17.1 Å². The number of carbonyl (C=O) groups is 3. The van der Waals surface area contributed by atoms with Crippen molar-refractivity contribution in [2.75, 3.05) is 42.7 Å². The molecule has 202 valence electrons. The Morgan fingerprint density at radius 2 is 1.67 bits per heavy atom. The molecule has 4 rings (SSSR count). The van der Waals surface area contributed by atoms with Gasteiger partial charge in [-0.15, -0.1) is 0 Å². The zero-order chi connectivity index (χ0) is 28.1. The van der Waals surface area contributed by atoms with E-state index < -0.39 is 5.97 Å². The second kappa shape index (κ2) is 12.1. The third kappa shape index (κ3) is 6.85. The maximum absolute atomic E-state index is 13.2. The third-order valence-electron chi connectivity index (χ3n) is 6.45. The van der Waals surface area contributed by atoms with Crippen LogP contribution in [0, 0.1) is 0 Å². The standard InChI is InChI=1S/C30H31ClN4O4/c1-19(36)35(17-16-34(2)3)24-12-10-23(11-13-24)32-29(21-7-4-20(5-8-21)6-15-27(37)38)28-25-14-9-22(31)18-26(25)33-30(28)39/h4-5,7-14,18,32H,6,15-17H2,1-3H3,(H,33,39)(H,37,38). The van der Waals surface area contributed by atoms with E-state index in [1.165, 1.54) is 0 Å². The molecule has 2 amide bonds. The Hall–Kier alpha value is -4.14. The molecule has 3 aromatic rings. The molecule has 0 atom stereocenters. The van der Waals surface area contributed by atoms with Crippen LogP contribution in [0.3, 0.4) is 0 Å². The van der Waals surface area contributed by atoms with E-state index in [2.05, 4.69) is 10.6 Å². The number of amides is 2. The van der Waals surface area contributed by atoms with Gasteiger partial charge < -0.3 is 25.5 Å². The van der Waals surface area contributed by atoms with Crippen molar-refractivity contribution in [3.8, 4) is 0 Å². The monoisotopic (exact) mass is 546 g/mol. The Kier molecular flexibility index (Phi) is 8.69. The Morgan fingerprint density at radius 3 is 2.28 bits per heavy atom. The van der Waals surface area contributed by atoms with Gasteiger partial charge in [-0.25, -0.2) is 0 Å². The van der Waals surface area contributed by atoms with Gasteiger partial charge in [0.25, 0.3) is 5.91 Å². The first-order valence-corrected chi connectivity index (χ1v) is 13.0. The van der Waals surface area contributed by atoms with Gasteiger partial charge in [0, 0.05) is 48.4 Å². The number of hydrogen-bond donors (Lipinski definition) is 3. The number of carboxylic acid groups (broad SMARTS) is 1. The number of aryl methyl sites for hydroxylation is 1. The van der Waals surface area contributed by atoms with Gasteiger partial charge in [-0.1, -0.05) is 41.9 Å². The SMILES string of the molecule is CC(=O)N(CCN(C)C)c1ccc(NC(=C2C(=O)Nc3cc(Cl)ccc32)c2ccc(CCC(=O)O)cc2)cc1. The first kappa shape index (κ1) is 27.9. The lowest BCUT2D eigenvalue weighted by molar-refractivity contribution is -0.137. The molecule has 0 radical (unpaired) electrons. The maximum Gasteiger partial charge on any atom is 0.303 e. The molecule has 9 heteroatoms. The highest BCUT2D eigenvalue weighted by molar-refractivity contribution is 6.38. The highest BCUT2D eigenvalue weighted by atomic mass is 35.5. The first-order chi connectivity index (χ1) is 18.6. The van der Waals surface area contributed by atoms with E-state index in [1.54, 1.807) is 24.0 Å². The molecule has 1 heterocycles. The summed E-state index contributed by atoms with van der Waals surface area (Å²) in [5.74, 6) is -1.15. The van der Waals surface area contributed by atoms with E-state index in [-0.39, 0.29) is 18.2 Å². The second-order valence-corrected chi connectivity index (χ2v) is 10.1. The fourth-order valence-corrected chi connectivity index (χ4v) is 4.57. The molecule has 0 bridgehead atoms. The van der Waals surface area contributed by atoms with E-state index >= 15 is 0 Å². The van der Waals surface area contributed by atoms with E-state index in [4.69, 9.17) is 16.7 Å². The maximum atomic E-state index is 13.2. The van der Waals surface area contributed by atoms with E-state index in [9.17, 15) is 14.4 Å². The first-order valence-electron chi connectivity index (χ1n) is 12.6. The van der Waals surface area contributed by atoms with Crippen LogP contribution in [0.5, 0.6) is 0 Å². The minimum absolute atomic E-state index is 0.0405. The third-order valence-corrected chi connectivity index (χ3v) is 6.68. The van der Waals surface area contributed by atoms with Crippen LogP contribution in [-0.4, -0.2) is 55.0 Å². The summed E-state index contributed by atoms with van der Waals surface area (Å²) < 4.78 is 0. The van der Waals surface area contributed by atoms with E-state index in [0.29, 0.717) is 34.9 Å². The van der Waals surface area contributed by atoms with Gasteiger partial charge in [0.05, 0.1) is 17.0 Å². The fourth-order valence-electron chi connectivity index (χ4n) is 4.40. The molecule has 0 spiro atoms. The summed E-state index contributed by atoms with van der Waals surface area (Å²) in [6, 6.07) is 20.3. The van der Waals surface area contributed by atoms with Gasteiger partial charge in [-0.2, -0.15) is 0 Å². The highest BCUT2D eigenvalue weighted by Crippen LogP contribution is 2.39. The summed E-state index contributed by atoms with van der Waals surface area (Å²) in [4.78, 5) is 40.2. The molecule has 39 heavy (non-hydrogen) atoms. The van der Waals surface area contributed by atoms with Crippen molar-refractivity contribution >= 4 is 57.7 Å². The Morgan fingerprint density at radius 1 is 0.974 bits per heavy atom. The molecular formula is C30H31ClN4O4. The summed E-state index contributed by atoms with van der Waals surface area (Å²) in [6.45, 7) is 2.85. The average molecular weight is 547 g/mol. The Balaban J connectivity index is 1.70. The number of fused-ring (bicyclic) bond motifs is 1. The van der Waals surface area contributed by atoms with Crippen LogP contribution in [0.2, 0.25) is 5.02 Å². The van der Waals surface area contributed by atoms with Gasteiger partial charge in [0.15, 0.2) is 0 Å². The summed E-state index contributed by atoms with van der Waals surface area (Å²) in [6.07, 6.45) is 0.457. The van der Waals surface area contributed by atoms with Crippen LogP contribution < -0.4 is 15.5 Å². The zero-order valence-corrected chi connectivity index (χ0v) is 22.9. The largest absolute Gasteiger partial charge is 0.481 e. The number of hydrogen-bond acceptors (Lipinski definition) is 5. The predicted molar refractivity (Wildman–Crippen MR) is 156 cm³/mol. The molecular weight excluding hydrogens is 516 g/mol. The normalized spacial score (nSPS) is 13.6. The number of halogens is 1. The molecule has 0 fully saturated rings. The smallest absolute Gasteiger partial charge is 0.303 e. The molecule has 1 aliphatic heterocycles. The van der Waals surface area contributed by atoms with Crippen molar-refractivity contribution in [3.63, 3.8) is 0 Å². The molecule has 1 aliphatic rings. The molecule has 0 aliphatic carbocycles. The van der Waals surface area contributed by atoms with E-state index in [1.807, 2.05) is 73.6 Å². The molecule has 3 aromatic carbocycles. The molecule has 3 N–H and O–H groups in total. The van der Waals surface area contributed by atoms with Gasteiger partial charge in [0.2, 0.25) is 5.91 Å². The van der Waals surface area contributed by atoms with Gasteiger partial charge in [-0.05, 0) is 68.0 Å². The Bertz CT molecular complexity index is 1420. The fraction of sp³-hybridized carbons (Fsp3) is 0.233. The number of benzene rings is 3. The van der Waals surface area contributed by atoms with Gasteiger partial charge in [0.1, 0.15) is 0 Å². The van der Waals surface area contributed by atoms with Crippen molar-refractivity contribution in [2.24, 2.45) is 0 Å². The number of anilines is 3. The van der Waals surface area contributed by atoms with Crippen LogP contribution in [-0.2, 0) is 20.8 Å². The number of rotatable bonds is 10. The molecule has 0 aromatic heterocycles. The van der Waals surface area contributed by atoms with Crippen LogP contribution in [0.1, 0.15) is 30.0 Å². The van der Waals surface area contributed by atoms with Gasteiger partial charge in [-0.3, -0.25) is 14.4 Å². The molecule has 0 unspecified atom stereocenters. The lowest BCUT2D eigenvalue weighted by atomic mass is 9.98. The quantitative estimate of drug-likeness (QED) is 0.302. The van der Waals surface area contributed by atoms with Crippen molar-refractivity contribution in [1.29, 1.82) is 0 Å². The minimum atomic E-state index is -0.852. The van der Waals surface area contributed by atoms with Crippen molar-refractivity contribution < 1.29 is 19.5 Å². The van der Waals surface area contributed by atoms with Crippen LogP contribution in [0.25, 0.3) is 11.3 Å². The number of nitrogens with zero attached hydrogens (tertiary/aromatic N) is 2. The molecule has 0 saturated carbocycles. The number of likely N-dealkylation sites (N-methyl/N-ethyl adjacent to an activating group) is 1. The lowest BCUT2D eigenvalue weighted by Gasteiger charge is -2.23.